The minimum absolute atomic E-state index is 0.0247. The number of rotatable bonds is 9. The van der Waals surface area contributed by atoms with E-state index in [9.17, 15) is 28.1 Å². The molecule has 12 heteroatoms. The molecule has 1 N–H and O–H groups in total. The van der Waals surface area contributed by atoms with Crippen molar-refractivity contribution in [2.45, 2.75) is 58.3 Å². The number of alkyl halides is 3. The number of hydrogen-bond donors (Lipinski definition) is 1. The lowest BCUT2D eigenvalue weighted by Crippen LogP contribution is -2.25. The first-order valence-corrected chi connectivity index (χ1v) is 11.2. The summed E-state index contributed by atoms with van der Waals surface area (Å²) in [7, 11) is 0. The first-order chi connectivity index (χ1) is 16.5. The first-order valence-electron chi connectivity index (χ1n) is 11.2. The third kappa shape index (κ3) is 5.52. The largest absolute Gasteiger partial charge is 0.435 e. The number of hydrogen-bond acceptors (Lipinski definition) is 5. The fourth-order valence-electron chi connectivity index (χ4n) is 4.08. The maximum absolute atomic E-state index is 13.0. The Hall–Kier alpha value is -3.70. The molecule has 1 amide bonds. The number of benzene rings is 1. The SMILES string of the molecule is Cc1nn(Cc2cccc(C(=O)NCCCn3nc(C(F)(F)F)cc3C3CC3)c2)c(C)c1[N+](=O)[O-]. The van der Waals surface area contributed by atoms with Crippen molar-refractivity contribution in [3.8, 4) is 0 Å². The van der Waals surface area contributed by atoms with Crippen LogP contribution in [0.4, 0.5) is 18.9 Å². The molecule has 0 aliphatic heterocycles. The molecule has 2 aromatic heterocycles. The van der Waals surface area contributed by atoms with Crippen LogP contribution in [0, 0.1) is 24.0 Å². The number of halogens is 3. The van der Waals surface area contributed by atoms with E-state index in [2.05, 4.69) is 15.5 Å². The maximum Gasteiger partial charge on any atom is 0.435 e. The summed E-state index contributed by atoms with van der Waals surface area (Å²) in [5.74, 6) is -0.190. The van der Waals surface area contributed by atoms with Crippen LogP contribution in [-0.4, -0.2) is 36.9 Å². The molecule has 0 spiro atoms. The molecule has 1 saturated carbocycles. The lowest BCUT2D eigenvalue weighted by Gasteiger charge is -2.09. The minimum Gasteiger partial charge on any atom is -0.352 e. The highest BCUT2D eigenvalue weighted by Gasteiger charge is 2.37. The summed E-state index contributed by atoms with van der Waals surface area (Å²) >= 11 is 0. The summed E-state index contributed by atoms with van der Waals surface area (Å²) in [6.07, 6.45) is -2.33. The van der Waals surface area contributed by atoms with Crippen molar-refractivity contribution < 1.29 is 22.9 Å². The van der Waals surface area contributed by atoms with E-state index in [-0.39, 0.29) is 37.1 Å². The van der Waals surface area contributed by atoms with Gasteiger partial charge in [-0.25, -0.2) is 0 Å². The van der Waals surface area contributed by atoms with Crippen LogP contribution < -0.4 is 5.32 Å². The Labute approximate surface area is 199 Å². The van der Waals surface area contributed by atoms with Gasteiger partial charge in [-0.3, -0.25) is 24.3 Å². The van der Waals surface area contributed by atoms with Gasteiger partial charge in [0.25, 0.3) is 5.91 Å². The minimum atomic E-state index is -4.48. The van der Waals surface area contributed by atoms with Gasteiger partial charge < -0.3 is 5.32 Å². The van der Waals surface area contributed by atoms with Crippen molar-refractivity contribution in [3.05, 3.63) is 74.3 Å². The second-order valence-electron chi connectivity index (χ2n) is 8.69. The zero-order valence-corrected chi connectivity index (χ0v) is 19.3. The average molecular weight is 490 g/mol. The van der Waals surface area contributed by atoms with Crippen LogP contribution in [0.25, 0.3) is 0 Å². The second kappa shape index (κ2) is 9.51. The van der Waals surface area contributed by atoms with Gasteiger partial charge in [-0.05, 0) is 56.9 Å². The summed E-state index contributed by atoms with van der Waals surface area (Å²) < 4.78 is 42.0. The number of amides is 1. The Balaban J connectivity index is 1.34. The molecule has 0 saturated heterocycles. The Kier molecular flexibility index (Phi) is 6.64. The molecule has 186 valence electrons. The molecule has 4 rings (SSSR count). The smallest absolute Gasteiger partial charge is 0.352 e. The highest BCUT2D eigenvalue weighted by atomic mass is 19.4. The summed E-state index contributed by atoms with van der Waals surface area (Å²) in [5, 5.41) is 21.9. The summed E-state index contributed by atoms with van der Waals surface area (Å²) in [6.45, 7) is 4.02. The van der Waals surface area contributed by atoms with E-state index in [1.807, 2.05) is 0 Å². The molecule has 2 heterocycles. The molecule has 35 heavy (non-hydrogen) atoms. The number of carbonyl (C=O) groups excluding carboxylic acids is 1. The van der Waals surface area contributed by atoms with Crippen molar-refractivity contribution in [1.82, 2.24) is 24.9 Å². The van der Waals surface area contributed by atoms with Gasteiger partial charge in [0.15, 0.2) is 5.69 Å². The lowest BCUT2D eigenvalue weighted by molar-refractivity contribution is -0.386. The fraction of sp³-hybridized carbons (Fsp3) is 0.435. The third-order valence-corrected chi connectivity index (χ3v) is 5.98. The number of aryl methyl sites for hydroxylation is 2. The molecule has 1 fully saturated rings. The maximum atomic E-state index is 13.0. The predicted molar refractivity (Wildman–Crippen MR) is 120 cm³/mol. The molecule has 0 unspecified atom stereocenters. The van der Waals surface area contributed by atoms with E-state index in [4.69, 9.17) is 0 Å². The molecule has 1 aromatic carbocycles. The number of nitro groups is 1. The summed E-state index contributed by atoms with van der Waals surface area (Å²) in [5.41, 5.74) is 1.61. The molecule has 0 radical (unpaired) electrons. The van der Waals surface area contributed by atoms with Crippen LogP contribution in [0.3, 0.4) is 0 Å². The third-order valence-electron chi connectivity index (χ3n) is 5.98. The number of nitrogens with one attached hydrogen (secondary N) is 1. The molecular formula is C23H25F3N6O3. The molecule has 3 aromatic rings. The van der Waals surface area contributed by atoms with Crippen molar-refractivity contribution in [2.75, 3.05) is 6.54 Å². The van der Waals surface area contributed by atoms with E-state index in [1.54, 1.807) is 38.1 Å². The molecule has 0 bridgehead atoms. The first kappa shape index (κ1) is 24.4. The van der Waals surface area contributed by atoms with E-state index in [0.717, 1.165) is 24.5 Å². The highest BCUT2D eigenvalue weighted by molar-refractivity contribution is 5.94. The van der Waals surface area contributed by atoms with E-state index in [0.29, 0.717) is 29.1 Å². The van der Waals surface area contributed by atoms with Gasteiger partial charge in [-0.2, -0.15) is 23.4 Å². The van der Waals surface area contributed by atoms with Gasteiger partial charge in [0.1, 0.15) is 11.4 Å². The van der Waals surface area contributed by atoms with Gasteiger partial charge in [0, 0.05) is 30.3 Å². The lowest BCUT2D eigenvalue weighted by atomic mass is 10.1. The highest BCUT2D eigenvalue weighted by Crippen LogP contribution is 2.42. The number of nitrogens with zero attached hydrogens (tertiary/aromatic N) is 5. The number of aromatic nitrogens is 4. The second-order valence-corrected chi connectivity index (χ2v) is 8.69. The summed E-state index contributed by atoms with van der Waals surface area (Å²) in [4.78, 5) is 23.4. The number of carbonyl (C=O) groups is 1. The molecule has 9 nitrogen and oxygen atoms in total. The van der Waals surface area contributed by atoms with Crippen LogP contribution >= 0.6 is 0 Å². The Morgan fingerprint density at radius 1 is 1.20 bits per heavy atom. The molecule has 1 aliphatic rings. The monoisotopic (exact) mass is 490 g/mol. The van der Waals surface area contributed by atoms with Crippen LogP contribution in [0.1, 0.15) is 63.9 Å². The van der Waals surface area contributed by atoms with Crippen LogP contribution in [0.5, 0.6) is 0 Å². The van der Waals surface area contributed by atoms with Crippen molar-refractivity contribution in [3.63, 3.8) is 0 Å². The Morgan fingerprint density at radius 2 is 1.94 bits per heavy atom. The normalized spacial score (nSPS) is 13.7. The van der Waals surface area contributed by atoms with Gasteiger partial charge >= 0.3 is 11.9 Å². The van der Waals surface area contributed by atoms with Gasteiger partial charge in [0.05, 0.1) is 11.5 Å². The van der Waals surface area contributed by atoms with E-state index < -0.39 is 16.8 Å². The van der Waals surface area contributed by atoms with Crippen molar-refractivity contribution >= 4 is 11.6 Å². The van der Waals surface area contributed by atoms with E-state index in [1.165, 1.54) is 9.36 Å². The van der Waals surface area contributed by atoms with E-state index >= 15 is 0 Å². The topological polar surface area (TPSA) is 108 Å². The van der Waals surface area contributed by atoms with Crippen molar-refractivity contribution in [2.24, 2.45) is 0 Å². The zero-order valence-electron chi connectivity index (χ0n) is 19.3. The molecule has 0 atom stereocenters. The van der Waals surface area contributed by atoms with Crippen molar-refractivity contribution in [1.29, 1.82) is 0 Å². The van der Waals surface area contributed by atoms with Crippen LogP contribution in [0.15, 0.2) is 30.3 Å². The van der Waals surface area contributed by atoms with Crippen LogP contribution in [-0.2, 0) is 19.3 Å². The van der Waals surface area contributed by atoms with Gasteiger partial charge in [0.2, 0.25) is 0 Å². The van der Waals surface area contributed by atoms with Crippen LogP contribution in [0.2, 0.25) is 0 Å². The Bertz CT molecular complexity index is 1260. The standard InChI is InChI=1S/C23H25F3N6O3/c1-14-21(32(34)35)15(2)31(28-14)13-16-5-3-6-18(11-16)22(33)27-9-4-10-30-19(17-7-8-17)12-20(29-30)23(24,25)26/h3,5-6,11-12,17H,4,7-10,13H2,1-2H3,(H,27,33). The average Bonchev–Trinajstić information content (AvgIpc) is 3.47. The fourth-order valence-corrected chi connectivity index (χ4v) is 4.08. The Morgan fingerprint density at radius 3 is 2.57 bits per heavy atom. The van der Waals surface area contributed by atoms with Gasteiger partial charge in [-0.15, -0.1) is 0 Å². The quantitative estimate of drug-likeness (QED) is 0.272. The molecular weight excluding hydrogens is 465 g/mol. The van der Waals surface area contributed by atoms with Gasteiger partial charge in [-0.1, -0.05) is 12.1 Å². The predicted octanol–water partition coefficient (Wildman–Crippen LogP) is 4.37. The zero-order chi connectivity index (χ0) is 25.3. The summed E-state index contributed by atoms with van der Waals surface area (Å²) in [6, 6.07) is 7.98. The molecule has 1 aliphatic carbocycles.